The van der Waals surface area contributed by atoms with Crippen LogP contribution in [0, 0.1) is 5.41 Å². The average molecular weight is 674 g/mol. The molecule has 0 aliphatic carbocycles. The maximum Gasteiger partial charge on any atom is 0.472 e. The lowest BCUT2D eigenvalue weighted by atomic mass is 10.1. The van der Waals surface area contributed by atoms with Crippen LogP contribution in [0.25, 0.3) is 11.2 Å². The highest BCUT2D eigenvalue weighted by Crippen LogP contribution is 2.53. The summed E-state index contributed by atoms with van der Waals surface area (Å²) in [6, 6.07) is -1.19. The number of carbonyl (C=O) groups excluding carboxylic acids is 1. The standard InChI is InChI=1S/C20H24N10O13P2/c21-14-8-15(24-3-23-14)29(4-25-8)18-12-10(31)6(40-18)1-38-45(36,37)43-13-11(32)7(2-39-44(34,35)42-12)41-19(13)30-5-26-9-16(30)27-20(22)28-17(9)33/h3-7,9-13,18-19,31-32H,1-2H2,(H,34,35)(H,36,37)(H2,21,23,24)(H2,22,28,33)/t6-,7-,9?,10?,11-,12-,13-,18-,19-/m1/s1. The largest absolute Gasteiger partial charge is 0.472 e. The van der Waals surface area contributed by atoms with Crippen LogP contribution in [0.3, 0.4) is 0 Å². The van der Waals surface area contributed by atoms with Crippen molar-refractivity contribution in [2.45, 2.75) is 55.1 Å². The second kappa shape index (κ2) is 10.9. The molecule has 0 spiro atoms. The number of anilines is 1. The number of carbonyl (C=O) groups is 1. The second-order valence-electron chi connectivity index (χ2n) is 10.2. The smallest absolute Gasteiger partial charge is 0.387 e. The summed E-state index contributed by atoms with van der Waals surface area (Å²) in [4.78, 5) is 54.6. The average Bonchev–Trinajstić information content (AvgIpc) is 3.72. The van der Waals surface area contributed by atoms with Crippen LogP contribution in [0.15, 0.2) is 22.6 Å². The predicted molar refractivity (Wildman–Crippen MR) is 143 cm³/mol. The molecule has 2 aromatic heterocycles. The minimum Gasteiger partial charge on any atom is -0.387 e. The molecule has 2 aromatic rings. The van der Waals surface area contributed by atoms with Gasteiger partial charge in [-0.3, -0.25) is 48.1 Å². The highest BCUT2D eigenvalue weighted by molar-refractivity contribution is 7.47. The summed E-state index contributed by atoms with van der Waals surface area (Å²) < 4.78 is 60.0. The number of hydrogen-bond acceptors (Lipinski definition) is 18. The number of ether oxygens (including phenoxy) is 2. The van der Waals surface area contributed by atoms with Crippen molar-refractivity contribution in [1.82, 2.24) is 29.7 Å². The number of nitrogens with zero attached hydrogens (tertiary/aromatic N) is 7. The predicted octanol–water partition coefficient (Wildman–Crippen LogP) is -3.05. The normalized spacial score (nSPS) is 42.0. The number of fused-ring (bicyclic) bond motifs is 6. The molecule has 3 saturated heterocycles. The van der Waals surface area contributed by atoms with Gasteiger partial charge in [0.15, 0.2) is 35.8 Å². The third-order valence-electron chi connectivity index (χ3n) is 7.44. The molecule has 8 N–H and O–H groups in total. The fourth-order valence-electron chi connectivity index (χ4n) is 5.38. The van der Waals surface area contributed by atoms with E-state index in [-0.39, 0.29) is 22.8 Å². The van der Waals surface area contributed by atoms with Crippen LogP contribution in [0.2, 0.25) is 0 Å². The lowest BCUT2D eigenvalue weighted by molar-refractivity contribution is -0.119. The van der Waals surface area contributed by atoms with E-state index in [4.69, 9.17) is 38.7 Å². The molecule has 3 fully saturated rings. The maximum absolute atomic E-state index is 13.1. The van der Waals surface area contributed by atoms with E-state index in [1.54, 1.807) is 0 Å². The van der Waals surface area contributed by atoms with Crippen molar-refractivity contribution in [2.75, 3.05) is 18.9 Å². The molecule has 23 nitrogen and oxygen atoms in total. The van der Waals surface area contributed by atoms with Crippen molar-refractivity contribution in [3.63, 3.8) is 0 Å². The van der Waals surface area contributed by atoms with E-state index >= 15 is 0 Å². The number of nitrogen functional groups attached to an aromatic ring is 1. The van der Waals surface area contributed by atoms with Gasteiger partial charge in [-0.25, -0.2) is 24.1 Å². The van der Waals surface area contributed by atoms with Gasteiger partial charge in [0, 0.05) is 0 Å². The van der Waals surface area contributed by atoms with Crippen LogP contribution >= 0.6 is 15.6 Å². The minimum atomic E-state index is -5.10. The highest BCUT2D eigenvalue weighted by Gasteiger charge is 2.56. The van der Waals surface area contributed by atoms with Crippen LogP contribution < -0.4 is 11.1 Å². The van der Waals surface area contributed by atoms with Crippen molar-refractivity contribution >= 4 is 56.7 Å². The number of amides is 1. The molecule has 0 saturated carbocycles. The number of phosphoric acid groups is 2. The Bertz CT molecular complexity index is 1720. The van der Waals surface area contributed by atoms with Crippen molar-refractivity contribution in [3.8, 4) is 0 Å². The molecule has 7 rings (SSSR count). The molecule has 242 valence electrons. The third kappa shape index (κ3) is 5.35. The summed E-state index contributed by atoms with van der Waals surface area (Å²) in [5, 5.41) is 32.0. The number of aliphatic imine (C=N–C) groups is 2. The number of aliphatic hydroxyl groups excluding tert-OH is 2. The van der Waals surface area contributed by atoms with E-state index in [1.807, 2.05) is 0 Å². The summed E-state index contributed by atoms with van der Waals surface area (Å²) in [7, 11) is -10.2. The number of amidine groups is 1. The molecule has 0 radical (unpaired) electrons. The van der Waals surface area contributed by atoms with Gasteiger partial charge in [0.2, 0.25) is 5.96 Å². The first-order chi connectivity index (χ1) is 21.3. The number of guanidine groups is 1. The first kappa shape index (κ1) is 30.3. The molecule has 4 unspecified atom stereocenters. The Kier molecular flexibility index (Phi) is 7.35. The Morgan fingerprint density at radius 2 is 1.60 bits per heavy atom. The van der Waals surface area contributed by atoms with E-state index in [1.165, 1.54) is 10.9 Å². The molecule has 4 bridgehead atoms. The van der Waals surface area contributed by atoms with Crippen molar-refractivity contribution in [2.24, 2.45) is 9.98 Å². The number of nitrogens with one attached hydrogen (secondary N) is 2. The molecule has 11 atom stereocenters. The number of aromatic nitrogens is 4. The monoisotopic (exact) mass is 674 g/mol. The quantitative estimate of drug-likeness (QED) is 0.156. The van der Waals surface area contributed by atoms with Crippen LogP contribution in [0.4, 0.5) is 5.82 Å². The number of imidazole rings is 1. The van der Waals surface area contributed by atoms with Crippen LogP contribution in [-0.4, -0.2) is 131 Å². The Labute approximate surface area is 250 Å². The van der Waals surface area contributed by atoms with E-state index in [0.29, 0.717) is 0 Å². The van der Waals surface area contributed by atoms with Gasteiger partial charge in [-0.1, -0.05) is 0 Å². The van der Waals surface area contributed by atoms with Gasteiger partial charge in [-0.05, 0) is 0 Å². The fourth-order valence-corrected chi connectivity index (χ4v) is 7.25. The summed E-state index contributed by atoms with van der Waals surface area (Å²) in [6.45, 7) is -1.66. The zero-order chi connectivity index (χ0) is 31.8. The number of nitrogens with two attached hydrogens (primary N) is 1. The number of phosphoric ester groups is 2. The van der Waals surface area contributed by atoms with Gasteiger partial charge in [0.05, 0.1) is 25.9 Å². The van der Waals surface area contributed by atoms with E-state index in [2.05, 4.69) is 30.3 Å². The van der Waals surface area contributed by atoms with Gasteiger partial charge in [0.25, 0.3) is 5.91 Å². The highest BCUT2D eigenvalue weighted by atomic mass is 31.2. The molecule has 25 heteroatoms. The van der Waals surface area contributed by atoms with Gasteiger partial charge in [0.1, 0.15) is 48.5 Å². The Morgan fingerprint density at radius 3 is 2.27 bits per heavy atom. The maximum atomic E-state index is 13.1. The number of aliphatic hydroxyl groups is 2. The number of hydrogen-bond donors (Lipinski definition) is 7. The Balaban J connectivity index is 1.19. The van der Waals surface area contributed by atoms with E-state index in [0.717, 1.165) is 17.6 Å². The minimum absolute atomic E-state index is 0.0160. The van der Waals surface area contributed by atoms with Crippen LogP contribution in [0.1, 0.15) is 6.23 Å². The molecule has 7 heterocycles. The summed E-state index contributed by atoms with van der Waals surface area (Å²) in [6.07, 6.45) is -9.36. The van der Waals surface area contributed by atoms with Crippen molar-refractivity contribution in [3.05, 3.63) is 12.7 Å². The molecule has 0 aromatic carbocycles. The van der Waals surface area contributed by atoms with E-state index < -0.39 is 95.8 Å². The summed E-state index contributed by atoms with van der Waals surface area (Å²) in [5.74, 6) is -1.30. The van der Waals surface area contributed by atoms with Gasteiger partial charge in [-0.15, -0.1) is 0 Å². The SMILES string of the molecule is N=C1N=C2C(N=CN2[C@@H]2O[C@@H]3COP(=O)(O)O[C@@H]4C(O)[C@@H](COP(=O)(O)O[C@@H]2[C@@H]3O)O[C@H]4n2cnc3c(N)ncnc32)C(=O)N1. The molecular formula is C20H24N10O13P2. The van der Waals surface area contributed by atoms with Gasteiger partial charge in [-0.2, -0.15) is 4.99 Å². The molecule has 1 amide bonds. The van der Waals surface area contributed by atoms with Crippen molar-refractivity contribution < 1.29 is 61.5 Å². The van der Waals surface area contributed by atoms with Crippen molar-refractivity contribution in [1.29, 1.82) is 5.41 Å². The lowest BCUT2D eigenvalue weighted by Crippen LogP contribution is -2.53. The van der Waals surface area contributed by atoms with Crippen LogP contribution in [-0.2, 0) is 41.5 Å². The van der Waals surface area contributed by atoms with Gasteiger partial charge < -0.3 is 35.2 Å². The first-order valence-electron chi connectivity index (χ1n) is 13.0. The topological polar surface area (TPSA) is 321 Å². The zero-order valence-electron chi connectivity index (χ0n) is 22.4. The zero-order valence-corrected chi connectivity index (χ0v) is 24.2. The second-order valence-corrected chi connectivity index (χ2v) is 13.1. The third-order valence-corrected chi connectivity index (χ3v) is 9.41. The lowest BCUT2D eigenvalue weighted by Gasteiger charge is -2.30. The first-order valence-corrected chi connectivity index (χ1v) is 16.0. The Hall–Kier alpha value is -3.31. The van der Waals surface area contributed by atoms with Crippen LogP contribution in [0.5, 0.6) is 0 Å². The van der Waals surface area contributed by atoms with Gasteiger partial charge >= 0.3 is 15.6 Å². The molecule has 45 heavy (non-hydrogen) atoms. The molecule has 5 aliphatic rings. The molecule has 5 aliphatic heterocycles. The molecular weight excluding hydrogens is 650 g/mol. The summed E-state index contributed by atoms with van der Waals surface area (Å²) >= 11 is 0. The summed E-state index contributed by atoms with van der Waals surface area (Å²) in [5.41, 5.74) is 6.11. The number of rotatable bonds is 2. The van der Waals surface area contributed by atoms with E-state index in [9.17, 15) is 33.9 Å². The Morgan fingerprint density at radius 1 is 0.978 bits per heavy atom. The fraction of sp³-hybridized carbons (Fsp3) is 0.550.